The van der Waals surface area contributed by atoms with E-state index in [4.69, 9.17) is 16.9 Å². The van der Waals surface area contributed by atoms with Gasteiger partial charge < -0.3 is 15.4 Å². The molecule has 0 bridgehead atoms. The number of nitrogens with two attached hydrogens (primary N) is 1. The lowest BCUT2D eigenvalue weighted by molar-refractivity contribution is 0.407. The van der Waals surface area contributed by atoms with E-state index in [9.17, 15) is 0 Å². The van der Waals surface area contributed by atoms with Gasteiger partial charge in [0.05, 0.1) is 13.7 Å². The van der Waals surface area contributed by atoms with Crippen LogP contribution in [0.15, 0.2) is 18.2 Å². The molecule has 0 saturated carbocycles. The lowest BCUT2D eigenvalue weighted by Gasteiger charge is -2.26. The van der Waals surface area contributed by atoms with Crippen LogP contribution in [0.3, 0.4) is 0 Å². The fourth-order valence-corrected chi connectivity index (χ4v) is 1.92. The fourth-order valence-electron chi connectivity index (χ4n) is 1.92. The topological polar surface area (TPSA) is 38.5 Å². The molecule has 0 amide bonds. The number of ether oxygens (including phenoxy) is 1. The Kier molecular flexibility index (Phi) is 4.86. The van der Waals surface area contributed by atoms with Crippen LogP contribution in [0.5, 0.6) is 5.75 Å². The normalized spacial score (nSPS) is 11.7. The van der Waals surface area contributed by atoms with E-state index < -0.39 is 0 Å². The van der Waals surface area contributed by atoms with Crippen molar-refractivity contribution in [3.05, 3.63) is 23.8 Å². The molecule has 1 rings (SSSR count). The lowest BCUT2D eigenvalue weighted by Crippen LogP contribution is -2.25. The van der Waals surface area contributed by atoms with Crippen LogP contribution in [-0.4, -0.2) is 20.2 Å². The molecule has 92 valence electrons. The third kappa shape index (κ3) is 2.92. The summed E-state index contributed by atoms with van der Waals surface area (Å²) in [4.78, 5) is 2.11. The van der Waals surface area contributed by atoms with Crippen LogP contribution in [0.1, 0.15) is 25.5 Å². The van der Waals surface area contributed by atoms with E-state index in [-0.39, 0.29) is 6.04 Å². The van der Waals surface area contributed by atoms with Crippen LogP contribution in [0, 0.1) is 12.3 Å². The summed E-state index contributed by atoms with van der Waals surface area (Å²) in [6, 6.07) is 5.82. The van der Waals surface area contributed by atoms with Crippen LogP contribution in [-0.2, 0) is 0 Å². The van der Waals surface area contributed by atoms with E-state index in [1.807, 2.05) is 25.1 Å². The van der Waals surface area contributed by atoms with Gasteiger partial charge in [0.15, 0.2) is 0 Å². The average molecular weight is 232 g/mol. The minimum Gasteiger partial charge on any atom is -0.496 e. The summed E-state index contributed by atoms with van der Waals surface area (Å²) in [5.41, 5.74) is 8.08. The molecule has 0 aliphatic heterocycles. The standard InChI is InChI=1S/C14H20N2O/c1-5-10-16(6-2)12-8-7-9-13(17-4)14(12)11(3)15/h1,7-9,11H,6,10,15H2,2-4H3. The quantitative estimate of drug-likeness (QED) is 0.791. The highest BCUT2D eigenvalue weighted by molar-refractivity contribution is 5.61. The largest absolute Gasteiger partial charge is 0.496 e. The van der Waals surface area contributed by atoms with E-state index in [1.54, 1.807) is 7.11 Å². The van der Waals surface area contributed by atoms with Gasteiger partial charge in [0, 0.05) is 23.8 Å². The molecule has 3 nitrogen and oxygen atoms in total. The van der Waals surface area contributed by atoms with Gasteiger partial charge in [-0.05, 0) is 26.0 Å². The first kappa shape index (κ1) is 13.4. The highest BCUT2D eigenvalue weighted by Crippen LogP contribution is 2.33. The molecule has 1 aromatic carbocycles. The second kappa shape index (κ2) is 6.17. The molecule has 17 heavy (non-hydrogen) atoms. The van der Waals surface area contributed by atoms with Crippen LogP contribution < -0.4 is 15.4 Å². The zero-order chi connectivity index (χ0) is 12.8. The van der Waals surface area contributed by atoms with Crippen LogP contribution in [0.25, 0.3) is 0 Å². The minimum atomic E-state index is -0.0898. The molecule has 1 atom stereocenters. The maximum atomic E-state index is 6.02. The average Bonchev–Trinajstić information content (AvgIpc) is 2.34. The van der Waals surface area contributed by atoms with Crippen molar-refractivity contribution in [2.75, 3.05) is 25.1 Å². The Morgan fingerprint density at radius 2 is 2.24 bits per heavy atom. The zero-order valence-electron chi connectivity index (χ0n) is 10.7. The molecular weight excluding hydrogens is 212 g/mol. The predicted octanol–water partition coefficient (Wildman–Crippen LogP) is 2.17. The van der Waals surface area contributed by atoms with Gasteiger partial charge in [0.1, 0.15) is 5.75 Å². The number of terminal acetylenes is 1. The molecular formula is C14H20N2O. The Hall–Kier alpha value is -1.66. The molecule has 0 fully saturated rings. The molecule has 0 aliphatic carbocycles. The Balaban J connectivity index is 3.26. The van der Waals surface area contributed by atoms with Crippen molar-refractivity contribution >= 4 is 5.69 Å². The van der Waals surface area contributed by atoms with Crippen molar-refractivity contribution in [2.45, 2.75) is 19.9 Å². The maximum absolute atomic E-state index is 6.02. The maximum Gasteiger partial charge on any atom is 0.125 e. The first-order valence-corrected chi connectivity index (χ1v) is 5.76. The second-order valence-corrected chi connectivity index (χ2v) is 3.90. The molecule has 0 saturated heterocycles. The van der Waals surface area contributed by atoms with Gasteiger partial charge in [-0.1, -0.05) is 12.0 Å². The van der Waals surface area contributed by atoms with E-state index in [1.165, 1.54) is 0 Å². The van der Waals surface area contributed by atoms with Crippen molar-refractivity contribution in [3.63, 3.8) is 0 Å². The van der Waals surface area contributed by atoms with Crippen LogP contribution in [0.4, 0.5) is 5.69 Å². The third-order valence-electron chi connectivity index (χ3n) is 2.72. The smallest absolute Gasteiger partial charge is 0.125 e. The molecule has 0 spiro atoms. The molecule has 1 unspecified atom stereocenters. The molecule has 0 aromatic heterocycles. The number of hydrogen-bond acceptors (Lipinski definition) is 3. The van der Waals surface area contributed by atoms with Gasteiger partial charge in [-0.15, -0.1) is 6.42 Å². The number of anilines is 1. The van der Waals surface area contributed by atoms with Gasteiger partial charge in [0.2, 0.25) is 0 Å². The first-order chi connectivity index (χ1) is 8.15. The van der Waals surface area contributed by atoms with Crippen molar-refractivity contribution in [3.8, 4) is 18.1 Å². The number of rotatable bonds is 5. The first-order valence-electron chi connectivity index (χ1n) is 5.76. The number of nitrogens with zero attached hydrogens (tertiary/aromatic N) is 1. The predicted molar refractivity (Wildman–Crippen MR) is 72.3 cm³/mol. The third-order valence-corrected chi connectivity index (χ3v) is 2.72. The lowest BCUT2D eigenvalue weighted by atomic mass is 10.0. The van der Waals surface area contributed by atoms with Crippen molar-refractivity contribution in [1.82, 2.24) is 0 Å². The summed E-state index contributed by atoms with van der Waals surface area (Å²) in [6.45, 7) is 5.44. The summed E-state index contributed by atoms with van der Waals surface area (Å²) in [7, 11) is 1.66. The van der Waals surface area contributed by atoms with Gasteiger partial charge in [-0.3, -0.25) is 0 Å². The number of benzene rings is 1. The zero-order valence-corrected chi connectivity index (χ0v) is 10.7. The highest BCUT2D eigenvalue weighted by Gasteiger charge is 2.16. The van der Waals surface area contributed by atoms with Gasteiger partial charge in [-0.25, -0.2) is 0 Å². The van der Waals surface area contributed by atoms with Crippen molar-refractivity contribution in [2.24, 2.45) is 5.73 Å². The SMILES string of the molecule is C#CCN(CC)c1cccc(OC)c1C(C)N. The summed E-state index contributed by atoms with van der Waals surface area (Å²) >= 11 is 0. The fraction of sp³-hybridized carbons (Fsp3) is 0.429. The van der Waals surface area contributed by atoms with E-state index in [0.29, 0.717) is 6.54 Å². The van der Waals surface area contributed by atoms with E-state index >= 15 is 0 Å². The minimum absolute atomic E-state index is 0.0898. The molecule has 2 N–H and O–H groups in total. The van der Waals surface area contributed by atoms with Gasteiger partial charge >= 0.3 is 0 Å². The number of hydrogen-bond donors (Lipinski definition) is 1. The summed E-state index contributed by atoms with van der Waals surface area (Å²) in [5.74, 6) is 3.48. The summed E-state index contributed by atoms with van der Waals surface area (Å²) in [6.07, 6.45) is 5.38. The molecule has 3 heteroatoms. The van der Waals surface area contributed by atoms with Crippen LogP contribution in [0.2, 0.25) is 0 Å². The highest BCUT2D eigenvalue weighted by atomic mass is 16.5. The Morgan fingerprint density at radius 1 is 1.53 bits per heavy atom. The van der Waals surface area contributed by atoms with Gasteiger partial charge in [-0.2, -0.15) is 0 Å². The van der Waals surface area contributed by atoms with E-state index in [2.05, 4.69) is 17.7 Å². The van der Waals surface area contributed by atoms with Crippen molar-refractivity contribution in [1.29, 1.82) is 0 Å². The molecule has 0 aliphatic rings. The Labute approximate surface area is 104 Å². The van der Waals surface area contributed by atoms with Crippen LogP contribution >= 0.6 is 0 Å². The Morgan fingerprint density at radius 3 is 2.71 bits per heavy atom. The monoisotopic (exact) mass is 232 g/mol. The second-order valence-electron chi connectivity index (χ2n) is 3.90. The number of methoxy groups -OCH3 is 1. The van der Waals surface area contributed by atoms with Gasteiger partial charge in [0.25, 0.3) is 0 Å². The van der Waals surface area contributed by atoms with Crippen molar-refractivity contribution < 1.29 is 4.74 Å². The molecule has 0 heterocycles. The molecule has 1 aromatic rings. The Bertz CT molecular complexity index is 407. The summed E-state index contributed by atoms with van der Waals surface area (Å²) in [5, 5.41) is 0. The molecule has 0 radical (unpaired) electrons. The summed E-state index contributed by atoms with van der Waals surface area (Å²) < 4.78 is 5.36. The van der Waals surface area contributed by atoms with E-state index in [0.717, 1.165) is 23.5 Å².